The second kappa shape index (κ2) is 6.67. The van der Waals surface area contributed by atoms with Crippen LogP contribution in [0.15, 0.2) is 12.8 Å². The van der Waals surface area contributed by atoms with Gasteiger partial charge in [0.1, 0.15) is 6.04 Å². The summed E-state index contributed by atoms with van der Waals surface area (Å²) in [5.74, 6) is -0.841. The van der Waals surface area contributed by atoms with Crippen molar-refractivity contribution >= 4 is 5.97 Å². The monoisotopic (exact) mass is 172 g/mol. The maximum atomic E-state index is 10.5. The summed E-state index contributed by atoms with van der Waals surface area (Å²) in [6.45, 7) is 4.02. The van der Waals surface area contributed by atoms with Crippen LogP contribution in [0, 0.1) is 0 Å². The predicted molar refractivity (Wildman–Crippen MR) is 47.7 cm³/mol. The minimum atomic E-state index is -0.841. The van der Waals surface area contributed by atoms with Gasteiger partial charge in [-0.3, -0.25) is 0 Å². The second-order valence-corrected chi connectivity index (χ2v) is 2.55. The van der Waals surface area contributed by atoms with Crippen LogP contribution in [-0.4, -0.2) is 23.7 Å². The quantitative estimate of drug-likeness (QED) is 0.483. The lowest BCUT2D eigenvalue weighted by molar-refractivity contribution is -0.139. The van der Waals surface area contributed by atoms with Crippen molar-refractivity contribution in [3.8, 4) is 0 Å². The number of carboxylic acid groups (broad SMARTS) is 1. The first-order valence-electron chi connectivity index (χ1n) is 4.02. The van der Waals surface area contributed by atoms with Crippen LogP contribution in [0.3, 0.4) is 0 Å². The van der Waals surface area contributed by atoms with Crippen molar-refractivity contribution in [1.82, 2.24) is 5.32 Å². The Balaban J connectivity index is 3.63. The van der Waals surface area contributed by atoms with Gasteiger partial charge in [0.05, 0.1) is 0 Å². The van der Waals surface area contributed by atoms with Crippen molar-refractivity contribution in [1.29, 1.82) is 0 Å². The molecule has 0 fully saturated rings. The Labute approximate surface area is 72.4 Å². The number of unbranched alkanes of at least 4 members (excludes halogenated alkanes) is 1. The highest BCUT2D eigenvalue weighted by Crippen LogP contribution is 2.00. The highest BCUT2D eigenvalue weighted by molar-refractivity contribution is 5.73. The van der Waals surface area contributed by atoms with Gasteiger partial charge in [0, 0.05) is 0 Å². The molecule has 1 unspecified atom stereocenters. The first kappa shape index (κ1) is 11.0. The molecule has 1 atom stereocenters. The van der Waals surface area contributed by atoms with Gasteiger partial charge in [-0.25, -0.2) is 4.79 Å². The fourth-order valence-electron chi connectivity index (χ4n) is 0.913. The molecule has 4 N–H and O–H groups in total. The third kappa shape index (κ3) is 4.73. The minimum absolute atomic E-state index is 0.519. The van der Waals surface area contributed by atoms with Gasteiger partial charge < -0.3 is 16.2 Å². The van der Waals surface area contributed by atoms with E-state index in [-0.39, 0.29) is 0 Å². The van der Waals surface area contributed by atoms with Crippen LogP contribution in [0.2, 0.25) is 0 Å². The predicted octanol–water partition coefficient (Wildman–Crippen LogP) is 0.302. The number of carbonyl (C=O) groups is 1. The summed E-state index contributed by atoms with van der Waals surface area (Å²) >= 11 is 0. The van der Waals surface area contributed by atoms with Gasteiger partial charge in [0.15, 0.2) is 0 Å². The fraction of sp³-hybridized carbons (Fsp3) is 0.625. The summed E-state index contributed by atoms with van der Waals surface area (Å²) in [7, 11) is 0. The van der Waals surface area contributed by atoms with Crippen LogP contribution in [0.5, 0.6) is 0 Å². The molecular weight excluding hydrogens is 156 g/mol. The number of nitrogens with two attached hydrogens (primary N) is 1. The molecule has 0 aliphatic heterocycles. The molecule has 0 amide bonds. The molecule has 0 aromatic rings. The van der Waals surface area contributed by atoms with Crippen molar-refractivity contribution in [3.05, 3.63) is 12.8 Å². The summed E-state index contributed by atoms with van der Waals surface area (Å²) < 4.78 is 0. The molecule has 70 valence electrons. The fourth-order valence-corrected chi connectivity index (χ4v) is 0.913. The number of hydrogen-bond donors (Lipinski definition) is 3. The van der Waals surface area contributed by atoms with E-state index in [1.807, 2.05) is 0 Å². The number of aliphatic carboxylic acids is 1. The zero-order valence-corrected chi connectivity index (χ0v) is 7.12. The van der Waals surface area contributed by atoms with Crippen molar-refractivity contribution < 1.29 is 9.90 Å². The van der Waals surface area contributed by atoms with Crippen LogP contribution in [0.4, 0.5) is 0 Å². The van der Waals surface area contributed by atoms with E-state index < -0.39 is 12.0 Å². The molecule has 0 saturated heterocycles. The van der Waals surface area contributed by atoms with Crippen molar-refractivity contribution in [2.24, 2.45) is 5.73 Å². The maximum Gasteiger partial charge on any atom is 0.326 e. The van der Waals surface area contributed by atoms with Crippen LogP contribution in [-0.2, 0) is 4.79 Å². The van der Waals surface area contributed by atoms with E-state index in [1.54, 1.807) is 0 Å². The zero-order valence-electron chi connectivity index (χ0n) is 7.12. The smallest absolute Gasteiger partial charge is 0.326 e. The number of nitrogens with one attached hydrogen (secondary N) is 1. The zero-order chi connectivity index (χ0) is 9.40. The van der Waals surface area contributed by atoms with Crippen LogP contribution in [0.1, 0.15) is 19.3 Å². The molecule has 0 spiro atoms. The van der Waals surface area contributed by atoms with E-state index in [1.165, 1.54) is 6.20 Å². The van der Waals surface area contributed by atoms with Crippen molar-refractivity contribution in [3.63, 3.8) is 0 Å². The molecule has 12 heavy (non-hydrogen) atoms. The van der Waals surface area contributed by atoms with E-state index >= 15 is 0 Å². The molecule has 0 radical (unpaired) electrons. The largest absolute Gasteiger partial charge is 0.480 e. The normalized spacial score (nSPS) is 12.1. The molecule has 0 bridgehead atoms. The average molecular weight is 172 g/mol. The van der Waals surface area contributed by atoms with E-state index in [2.05, 4.69) is 11.9 Å². The van der Waals surface area contributed by atoms with E-state index in [4.69, 9.17) is 10.8 Å². The van der Waals surface area contributed by atoms with E-state index in [9.17, 15) is 4.79 Å². The highest BCUT2D eigenvalue weighted by Gasteiger charge is 2.13. The Bertz CT molecular complexity index is 148. The summed E-state index contributed by atoms with van der Waals surface area (Å²) in [6.07, 6.45) is 3.69. The van der Waals surface area contributed by atoms with Gasteiger partial charge in [0.25, 0.3) is 0 Å². The molecule has 4 heteroatoms. The Kier molecular flexibility index (Phi) is 6.09. The van der Waals surface area contributed by atoms with Crippen LogP contribution < -0.4 is 11.1 Å². The molecule has 0 aliphatic rings. The second-order valence-electron chi connectivity index (χ2n) is 2.55. The summed E-state index contributed by atoms with van der Waals surface area (Å²) in [6, 6.07) is -0.519. The van der Waals surface area contributed by atoms with Gasteiger partial charge in [-0.15, -0.1) is 0 Å². The van der Waals surface area contributed by atoms with Crippen molar-refractivity contribution in [2.45, 2.75) is 25.3 Å². The third-order valence-corrected chi connectivity index (χ3v) is 1.56. The molecule has 0 saturated carbocycles. The van der Waals surface area contributed by atoms with Gasteiger partial charge in [-0.2, -0.15) is 0 Å². The van der Waals surface area contributed by atoms with Gasteiger partial charge in [0.2, 0.25) is 0 Å². The maximum absolute atomic E-state index is 10.5. The van der Waals surface area contributed by atoms with Crippen molar-refractivity contribution in [2.75, 3.05) is 6.54 Å². The Morgan fingerprint density at radius 3 is 2.75 bits per heavy atom. The third-order valence-electron chi connectivity index (χ3n) is 1.56. The first-order valence-corrected chi connectivity index (χ1v) is 4.02. The van der Waals surface area contributed by atoms with E-state index in [0.29, 0.717) is 13.0 Å². The summed E-state index contributed by atoms with van der Waals surface area (Å²) in [5, 5.41) is 11.3. The average Bonchev–Trinajstić information content (AvgIpc) is 2.03. The lowest BCUT2D eigenvalue weighted by atomic mass is 10.1. The standard InChI is InChI=1S/C8H16N2O2/c1-2-10-7(8(11)12)5-3-4-6-9/h2,7,10H,1,3-6,9H2,(H,11,12). The molecule has 4 nitrogen and oxygen atoms in total. The SMILES string of the molecule is C=CNC(CCCCN)C(=O)O. The lowest BCUT2D eigenvalue weighted by Crippen LogP contribution is -2.32. The van der Waals surface area contributed by atoms with Gasteiger partial charge in [-0.1, -0.05) is 6.58 Å². The highest BCUT2D eigenvalue weighted by atomic mass is 16.4. The minimum Gasteiger partial charge on any atom is -0.480 e. The lowest BCUT2D eigenvalue weighted by Gasteiger charge is -2.11. The number of hydrogen-bond acceptors (Lipinski definition) is 3. The summed E-state index contributed by atoms with van der Waals surface area (Å²) in [5.41, 5.74) is 5.28. The molecule has 0 heterocycles. The molecular formula is C8H16N2O2. The Hall–Kier alpha value is -1.03. The molecule has 0 aromatic heterocycles. The van der Waals surface area contributed by atoms with Crippen LogP contribution in [0.25, 0.3) is 0 Å². The van der Waals surface area contributed by atoms with Crippen LogP contribution >= 0.6 is 0 Å². The molecule has 0 aliphatic carbocycles. The number of rotatable bonds is 7. The Morgan fingerprint density at radius 1 is 1.67 bits per heavy atom. The van der Waals surface area contributed by atoms with E-state index in [0.717, 1.165) is 12.8 Å². The van der Waals surface area contributed by atoms with Gasteiger partial charge in [-0.05, 0) is 32.0 Å². The first-order chi connectivity index (χ1) is 5.72. The Morgan fingerprint density at radius 2 is 2.33 bits per heavy atom. The number of carboxylic acids is 1. The molecule has 0 aromatic carbocycles. The molecule has 0 rings (SSSR count). The van der Waals surface area contributed by atoms with Gasteiger partial charge >= 0.3 is 5.97 Å². The summed E-state index contributed by atoms with van der Waals surface area (Å²) in [4.78, 5) is 10.5. The topological polar surface area (TPSA) is 75.3 Å².